The van der Waals surface area contributed by atoms with Crippen molar-refractivity contribution < 1.29 is 13.6 Å². The first-order valence-corrected chi connectivity index (χ1v) is 19.1. The minimum absolute atomic E-state index is 0.109. The van der Waals surface area contributed by atoms with Crippen LogP contribution in [0.2, 0.25) is 36.3 Å². The van der Waals surface area contributed by atoms with Crippen molar-refractivity contribution in [1.82, 2.24) is 0 Å². The molecule has 1 saturated carbocycles. The highest BCUT2D eigenvalue weighted by Gasteiger charge is 2.55. The molecule has 2 rings (SSSR count). The van der Waals surface area contributed by atoms with Gasteiger partial charge in [-0.25, -0.2) is 0 Å². The first kappa shape index (κ1) is 29.0. The zero-order valence-electron chi connectivity index (χ0n) is 23.6. The molecule has 0 aromatic rings. The maximum absolute atomic E-state index is 11.6. The summed E-state index contributed by atoms with van der Waals surface area (Å²) in [5.74, 6) is 0.567. The van der Waals surface area contributed by atoms with Gasteiger partial charge < -0.3 is 8.85 Å². The predicted octanol–water partition coefficient (Wildman–Crippen LogP) is 8.52. The van der Waals surface area contributed by atoms with Crippen LogP contribution in [0.4, 0.5) is 0 Å². The number of allylic oxidation sites excluding steroid dienone is 2. The summed E-state index contributed by atoms with van der Waals surface area (Å²) in [6, 6.07) is 3.62. The third-order valence-electron chi connectivity index (χ3n) is 10.1. The van der Waals surface area contributed by atoms with Crippen molar-refractivity contribution >= 4 is 22.9 Å². The first-order chi connectivity index (χ1) is 15.2. The van der Waals surface area contributed by atoms with Gasteiger partial charge in [0.2, 0.25) is 0 Å². The lowest BCUT2D eigenvalue weighted by atomic mass is 9.50. The summed E-state index contributed by atoms with van der Waals surface area (Å²) >= 11 is 0. The van der Waals surface area contributed by atoms with Crippen molar-refractivity contribution in [2.75, 3.05) is 6.61 Å². The van der Waals surface area contributed by atoms with E-state index in [4.69, 9.17) is 8.85 Å². The molecule has 2 aliphatic carbocycles. The molecule has 0 heterocycles. The Morgan fingerprint density at radius 1 is 1.09 bits per heavy atom. The Morgan fingerprint density at radius 2 is 1.70 bits per heavy atom. The van der Waals surface area contributed by atoms with Crippen molar-refractivity contribution in [1.29, 1.82) is 0 Å². The Bertz CT molecular complexity index is 683. The molecule has 0 unspecified atom stereocenters. The Balaban J connectivity index is 2.28. The van der Waals surface area contributed by atoms with E-state index in [1.54, 1.807) is 0 Å². The fourth-order valence-corrected chi connectivity index (χ4v) is 10.6. The molecule has 33 heavy (non-hydrogen) atoms. The molecular weight excluding hydrogens is 440 g/mol. The summed E-state index contributed by atoms with van der Waals surface area (Å²) in [6.07, 6.45) is 10.3. The molecule has 0 aliphatic heterocycles. The van der Waals surface area contributed by atoms with Crippen LogP contribution < -0.4 is 0 Å². The normalized spacial score (nSPS) is 31.2. The van der Waals surface area contributed by atoms with Crippen LogP contribution in [-0.4, -0.2) is 35.6 Å². The van der Waals surface area contributed by atoms with Crippen LogP contribution in [0.15, 0.2) is 11.6 Å². The van der Waals surface area contributed by atoms with E-state index in [1.807, 2.05) is 0 Å². The van der Waals surface area contributed by atoms with Gasteiger partial charge in [0, 0.05) is 6.61 Å². The van der Waals surface area contributed by atoms with E-state index in [9.17, 15) is 4.79 Å². The molecule has 0 radical (unpaired) electrons. The molecule has 0 N–H and O–H groups in total. The summed E-state index contributed by atoms with van der Waals surface area (Å²) in [5, 5.41) is 0.250. The number of carbonyl (C=O) groups excluding carboxylic acids is 1. The van der Waals surface area contributed by atoms with E-state index in [1.165, 1.54) is 18.1 Å². The molecule has 2 aliphatic rings. The second kappa shape index (κ2) is 10.8. The van der Waals surface area contributed by atoms with Crippen molar-refractivity contribution in [2.24, 2.45) is 16.7 Å². The average Bonchev–Trinajstić information content (AvgIpc) is 2.75. The van der Waals surface area contributed by atoms with Crippen molar-refractivity contribution in [3.63, 3.8) is 0 Å². The summed E-state index contributed by atoms with van der Waals surface area (Å²) < 4.78 is 13.8. The molecule has 0 bridgehead atoms. The Labute approximate surface area is 207 Å². The molecule has 1 fully saturated rings. The molecule has 0 saturated heterocycles. The molecule has 0 amide bonds. The lowest BCUT2D eigenvalue weighted by Gasteiger charge is -2.58. The second-order valence-corrected chi connectivity index (χ2v) is 22.6. The molecule has 0 spiro atoms. The highest BCUT2D eigenvalue weighted by molar-refractivity contribution is 6.74. The van der Waals surface area contributed by atoms with E-state index in [0.717, 1.165) is 57.0 Å². The SMILES string of the molecule is CC[Si](CC)(CC)O[C@@H]1CC[C@]2(C)C=C(C=O)CC[C@H]2[C@]1(C)CCCO[Si](C)(C)C(C)(C)C. The Kier molecular flexibility index (Phi) is 9.49. The quantitative estimate of drug-likeness (QED) is 0.164. The maximum atomic E-state index is 11.6. The first-order valence-electron chi connectivity index (χ1n) is 13.7. The second-order valence-electron chi connectivity index (χ2n) is 13.0. The van der Waals surface area contributed by atoms with Gasteiger partial charge in [0.1, 0.15) is 6.29 Å². The molecule has 3 nitrogen and oxygen atoms in total. The third kappa shape index (κ3) is 6.13. The van der Waals surface area contributed by atoms with Gasteiger partial charge in [0.05, 0.1) is 6.10 Å². The van der Waals surface area contributed by atoms with Gasteiger partial charge in [-0.3, -0.25) is 4.79 Å². The van der Waals surface area contributed by atoms with Crippen LogP contribution >= 0.6 is 0 Å². The van der Waals surface area contributed by atoms with Gasteiger partial charge in [0.25, 0.3) is 0 Å². The number of hydrogen-bond acceptors (Lipinski definition) is 3. The summed E-state index contributed by atoms with van der Waals surface area (Å²) in [5.41, 5.74) is 1.25. The predicted molar refractivity (Wildman–Crippen MR) is 147 cm³/mol. The van der Waals surface area contributed by atoms with Crippen LogP contribution in [0.5, 0.6) is 0 Å². The van der Waals surface area contributed by atoms with Crippen LogP contribution in [-0.2, 0) is 13.6 Å². The number of carbonyl (C=O) groups is 1. The molecule has 4 atom stereocenters. The van der Waals surface area contributed by atoms with Crippen molar-refractivity contribution in [3.05, 3.63) is 11.6 Å². The van der Waals surface area contributed by atoms with Gasteiger partial charge >= 0.3 is 0 Å². The Hall–Kier alpha value is -0.236. The monoisotopic (exact) mass is 494 g/mol. The number of hydrogen-bond donors (Lipinski definition) is 0. The fourth-order valence-electron chi connectivity index (χ4n) is 6.48. The van der Waals surface area contributed by atoms with E-state index in [0.29, 0.717) is 12.0 Å². The largest absolute Gasteiger partial charge is 0.417 e. The van der Waals surface area contributed by atoms with Gasteiger partial charge in [-0.1, -0.05) is 61.5 Å². The number of fused-ring (bicyclic) bond motifs is 1. The van der Waals surface area contributed by atoms with Gasteiger partial charge in [0.15, 0.2) is 16.6 Å². The standard InChI is InChI=1S/C28H54O3Si2/c1-11-33(12-2,13-3)31-25-17-19-27(7)21-23(22-29)15-16-24(27)28(25,8)18-14-20-30-32(9,10)26(4,5)6/h21-22,24-25H,11-20H2,1-10H3/t24-,25-,27-,28+/m1/s1. The van der Waals surface area contributed by atoms with Gasteiger partial charge in [-0.2, -0.15) is 0 Å². The van der Waals surface area contributed by atoms with Gasteiger partial charge in [-0.15, -0.1) is 0 Å². The Morgan fingerprint density at radius 3 is 2.21 bits per heavy atom. The van der Waals surface area contributed by atoms with E-state index < -0.39 is 16.6 Å². The molecule has 192 valence electrons. The summed E-state index contributed by atoms with van der Waals surface area (Å²) in [4.78, 5) is 11.6. The van der Waals surface area contributed by atoms with Crippen LogP contribution in [0.1, 0.15) is 93.9 Å². The molecular formula is C28H54O3Si2. The molecule has 0 aromatic heterocycles. The summed E-state index contributed by atoms with van der Waals surface area (Å²) in [7, 11) is -3.42. The maximum Gasteiger partial charge on any atom is 0.192 e. The van der Waals surface area contributed by atoms with Crippen LogP contribution in [0.25, 0.3) is 0 Å². The fraction of sp³-hybridized carbons (Fsp3) is 0.893. The summed E-state index contributed by atoms with van der Waals surface area (Å²) in [6.45, 7) is 24.5. The van der Waals surface area contributed by atoms with E-state index >= 15 is 0 Å². The smallest absolute Gasteiger partial charge is 0.192 e. The molecule has 5 heteroatoms. The zero-order valence-corrected chi connectivity index (χ0v) is 25.6. The minimum Gasteiger partial charge on any atom is -0.417 e. The minimum atomic E-state index is -1.72. The zero-order chi connectivity index (χ0) is 25.1. The average molecular weight is 495 g/mol. The van der Waals surface area contributed by atoms with Crippen molar-refractivity contribution in [2.45, 2.75) is 136 Å². The van der Waals surface area contributed by atoms with E-state index in [2.05, 4.69) is 74.6 Å². The lowest BCUT2D eigenvalue weighted by molar-refractivity contribution is -0.107. The van der Waals surface area contributed by atoms with Gasteiger partial charge in [-0.05, 0) is 97.1 Å². The molecule has 0 aromatic carbocycles. The van der Waals surface area contributed by atoms with E-state index in [-0.39, 0.29) is 15.9 Å². The van der Waals surface area contributed by atoms with Crippen LogP contribution in [0.3, 0.4) is 0 Å². The van der Waals surface area contributed by atoms with Crippen molar-refractivity contribution in [3.8, 4) is 0 Å². The highest BCUT2D eigenvalue weighted by atomic mass is 28.4. The topological polar surface area (TPSA) is 35.5 Å². The lowest BCUT2D eigenvalue weighted by Crippen LogP contribution is -2.56. The highest BCUT2D eigenvalue weighted by Crippen LogP contribution is 2.59. The number of aldehydes is 1. The third-order valence-corrected chi connectivity index (χ3v) is 19.3. The van der Waals surface area contributed by atoms with Crippen LogP contribution in [0, 0.1) is 16.7 Å². The number of rotatable bonds is 11.